The number of ketones is 1. The van der Waals surface area contributed by atoms with Crippen LogP contribution < -0.4 is 0 Å². The summed E-state index contributed by atoms with van der Waals surface area (Å²) in [6, 6.07) is 8.91. The van der Waals surface area contributed by atoms with Gasteiger partial charge in [0.25, 0.3) is 0 Å². The van der Waals surface area contributed by atoms with Crippen molar-refractivity contribution in [2.75, 3.05) is 0 Å². The second-order valence-corrected chi connectivity index (χ2v) is 5.33. The molecule has 2 aromatic heterocycles. The number of para-hydroxylation sites is 1. The molecule has 3 rings (SSSR count). The van der Waals surface area contributed by atoms with E-state index in [-0.39, 0.29) is 11.5 Å². The van der Waals surface area contributed by atoms with Crippen molar-refractivity contribution in [1.82, 2.24) is 9.97 Å². The highest BCUT2D eigenvalue weighted by Crippen LogP contribution is 2.20. The second kappa shape index (κ2) is 5.69. The van der Waals surface area contributed by atoms with E-state index in [1.54, 1.807) is 13.1 Å². The van der Waals surface area contributed by atoms with Gasteiger partial charge in [-0.2, -0.15) is 0 Å². The lowest BCUT2D eigenvalue weighted by atomic mass is 10.1. The summed E-state index contributed by atoms with van der Waals surface area (Å²) in [5.41, 5.74) is 1.57. The van der Waals surface area contributed by atoms with Crippen molar-refractivity contribution in [1.29, 1.82) is 0 Å². The smallest absolute Gasteiger partial charge is 0.355 e. The van der Waals surface area contributed by atoms with E-state index in [1.807, 2.05) is 24.3 Å². The number of aromatic nitrogens is 2. The van der Waals surface area contributed by atoms with Gasteiger partial charge in [-0.05, 0) is 19.1 Å². The highest BCUT2D eigenvalue weighted by Gasteiger charge is 2.23. The number of ether oxygens (including phenoxy) is 1. The Bertz CT molecular complexity index is 850. The molecule has 0 saturated heterocycles. The molecule has 3 aromatic rings. The van der Waals surface area contributed by atoms with Crippen LogP contribution in [0.1, 0.15) is 27.8 Å². The molecule has 0 aliphatic heterocycles. The van der Waals surface area contributed by atoms with Crippen molar-refractivity contribution in [3.8, 4) is 0 Å². The summed E-state index contributed by atoms with van der Waals surface area (Å²) in [5, 5.41) is 1.21. The Kier molecular flexibility index (Phi) is 3.73. The van der Waals surface area contributed by atoms with E-state index in [1.165, 1.54) is 12.3 Å². The van der Waals surface area contributed by atoms with Crippen molar-refractivity contribution in [3.63, 3.8) is 0 Å². The Morgan fingerprint density at radius 3 is 2.68 bits per heavy atom. The largest absolute Gasteiger partial charge is 0.450 e. The summed E-state index contributed by atoms with van der Waals surface area (Å²) < 4.78 is 5.19. The summed E-state index contributed by atoms with van der Waals surface area (Å²) in [6.07, 6.45) is 2.21. The fourth-order valence-electron chi connectivity index (χ4n) is 2.26. The van der Waals surface area contributed by atoms with Crippen molar-refractivity contribution in [3.05, 3.63) is 59.0 Å². The van der Waals surface area contributed by atoms with Crippen LogP contribution >= 0.6 is 11.6 Å². The molecule has 22 heavy (non-hydrogen) atoms. The van der Waals surface area contributed by atoms with Gasteiger partial charge in [0.1, 0.15) is 5.69 Å². The second-order valence-electron chi connectivity index (χ2n) is 4.89. The van der Waals surface area contributed by atoms with Crippen LogP contribution in [0.2, 0.25) is 5.02 Å². The number of hydrogen-bond donors (Lipinski definition) is 2. The van der Waals surface area contributed by atoms with Crippen LogP contribution in [0, 0.1) is 0 Å². The van der Waals surface area contributed by atoms with E-state index in [4.69, 9.17) is 16.3 Å². The maximum Gasteiger partial charge on any atom is 0.355 e. The minimum atomic E-state index is -0.895. The average Bonchev–Trinajstić information content (AvgIpc) is 3.12. The van der Waals surface area contributed by atoms with E-state index < -0.39 is 12.1 Å². The van der Waals surface area contributed by atoms with Gasteiger partial charge in [0.15, 0.2) is 6.10 Å². The van der Waals surface area contributed by atoms with Gasteiger partial charge in [-0.3, -0.25) is 4.79 Å². The zero-order valence-corrected chi connectivity index (χ0v) is 12.5. The molecule has 0 bridgehead atoms. The molecule has 112 valence electrons. The molecular formula is C16H13ClN2O3. The van der Waals surface area contributed by atoms with Crippen LogP contribution in [0.5, 0.6) is 0 Å². The van der Waals surface area contributed by atoms with E-state index in [2.05, 4.69) is 9.97 Å². The Hall–Kier alpha value is -2.53. The number of carbonyl (C=O) groups is 2. The number of aromatic amines is 2. The number of hydrogen-bond acceptors (Lipinski definition) is 3. The summed E-state index contributed by atoms with van der Waals surface area (Å²) in [5.74, 6) is -0.879. The third-order valence-corrected chi connectivity index (χ3v) is 3.59. The van der Waals surface area contributed by atoms with Crippen molar-refractivity contribution >= 4 is 34.3 Å². The normalized spacial score (nSPS) is 12.3. The Labute approximate surface area is 131 Å². The summed E-state index contributed by atoms with van der Waals surface area (Å²) in [7, 11) is 0. The first-order valence-electron chi connectivity index (χ1n) is 6.71. The lowest BCUT2D eigenvalue weighted by Crippen LogP contribution is -2.24. The molecule has 0 aliphatic carbocycles. The van der Waals surface area contributed by atoms with Crippen molar-refractivity contribution in [2.45, 2.75) is 13.0 Å². The van der Waals surface area contributed by atoms with E-state index >= 15 is 0 Å². The zero-order valence-electron chi connectivity index (χ0n) is 11.7. The molecule has 0 saturated carbocycles. The number of fused-ring (bicyclic) bond motifs is 1. The summed E-state index contributed by atoms with van der Waals surface area (Å²) >= 11 is 5.74. The topological polar surface area (TPSA) is 75.0 Å². The zero-order chi connectivity index (χ0) is 15.7. The minimum absolute atomic E-state index is 0.212. The first-order valence-corrected chi connectivity index (χ1v) is 7.09. The maximum absolute atomic E-state index is 12.5. The molecule has 0 spiro atoms. The number of rotatable bonds is 4. The van der Waals surface area contributed by atoms with Gasteiger partial charge >= 0.3 is 5.97 Å². The van der Waals surface area contributed by atoms with Gasteiger partial charge in [-0.1, -0.05) is 29.8 Å². The number of Topliss-reactive ketones (excluding diaryl/α,β-unsaturated/α-hetero) is 1. The molecular weight excluding hydrogens is 304 g/mol. The molecule has 6 heteroatoms. The van der Waals surface area contributed by atoms with Gasteiger partial charge in [0, 0.05) is 28.9 Å². The molecule has 0 fully saturated rings. The molecule has 1 aromatic carbocycles. The summed E-state index contributed by atoms with van der Waals surface area (Å²) in [6.45, 7) is 1.55. The van der Waals surface area contributed by atoms with Crippen molar-refractivity contribution < 1.29 is 14.3 Å². The van der Waals surface area contributed by atoms with Gasteiger partial charge in [-0.25, -0.2) is 4.79 Å². The standard InChI is InChI=1S/C16H13ClN2O3/c1-9(22-16(21)14-6-10(17)7-18-14)15(20)12-8-19-13-5-3-2-4-11(12)13/h2-9,18-19H,1H3. The number of nitrogens with one attached hydrogen (secondary N) is 2. The molecule has 2 heterocycles. The predicted molar refractivity (Wildman–Crippen MR) is 83.3 cm³/mol. The third kappa shape index (κ3) is 2.63. The third-order valence-electron chi connectivity index (χ3n) is 3.38. The fourth-order valence-corrected chi connectivity index (χ4v) is 2.42. The lowest BCUT2D eigenvalue weighted by Gasteiger charge is -2.11. The summed E-state index contributed by atoms with van der Waals surface area (Å²) in [4.78, 5) is 30.1. The number of benzene rings is 1. The molecule has 1 unspecified atom stereocenters. The number of halogens is 1. The minimum Gasteiger partial charge on any atom is -0.450 e. The Balaban J connectivity index is 1.78. The number of H-pyrrole nitrogens is 2. The van der Waals surface area contributed by atoms with Crippen LogP contribution in [0.15, 0.2) is 42.7 Å². The maximum atomic E-state index is 12.5. The first-order chi connectivity index (χ1) is 10.6. The number of carbonyl (C=O) groups excluding carboxylic acids is 2. The van der Waals surface area contributed by atoms with Gasteiger partial charge in [0.2, 0.25) is 5.78 Å². The predicted octanol–water partition coefficient (Wildman–Crippen LogP) is 3.58. The first kappa shape index (κ1) is 14.4. The van der Waals surface area contributed by atoms with Crippen LogP contribution in [0.25, 0.3) is 10.9 Å². The van der Waals surface area contributed by atoms with Gasteiger partial charge < -0.3 is 14.7 Å². The Morgan fingerprint density at radius 1 is 1.18 bits per heavy atom. The molecule has 1 atom stereocenters. The van der Waals surface area contributed by atoms with E-state index in [9.17, 15) is 9.59 Å². The van der Waals surface area contributed by atoms with E-state index in [0.717, 1.165) is 10.9 Å². The highest BCUT2D eigenvalue weighted by atomic mass is 35.5. The molecule has 2 N–H and O–H groups in total. The van der Waals surface area contributed by atoms with Gasteiger partial charge in [-0.15, -0.1) is 0 Å². The molecule has 0 radical (unpaired) electrons. The van der Waals surface area contributed by atoms with Crippen LogP contribution in [0.4, 0.5) is 0 Å². The quantitative estimate of drug-likeness (QED) is 0.570. The Morgan fingerprint density at radius 2 is 1.95 bits per heavy atom. The van der Waals surface area contributed by atoms with E-state index in [0.29, 0.717) is 10.6 Å². The van der Waals surface area contributed by atoms with Crippen LogP contribution in [-0.4, -0.2) is 27.8 Å². The average molecular weight is 317 g/mol. The molecule has 0 aliphatic rings. The van der Waals surface area contributed by atoms with Crippen molar-refractivity contribution in [2.24, 2.45) is 0 Å². The lowest BCUT2D eigenvalue weighted by molar-refractivity contribution is 0.0314. The fraction of sp³-hybridized carbons (Fsp3) is 0.125. The molecule has 0 amide bonds. The van der Waals surface area contributed by atoms with Crippen LogP contribution in [-0.2, 0) is 4.74 Å². The van der Waals surface area contributed by atoms with Gasteiger partial charge in [0.05, 0.1) is 5.02 Å². The monoisotopic (exact) mass is 316 g/mol. The SMILES string of the molecule is CC(OC(=O)c1cc(Cl)c[nH]1)C(=O)c1c[nH]c2ccccc12. The van der Waals surface area contributed by atoms with Crippen LogP contribution in [0.3, 0.4) is 0 Å². The molecule has 5 nitrogen and oxygen atoms in total. The number of esters is 1. The highest BCUT2D eigenvalue weighted by molar-refractivity contribution is 6.30.